The Balaban J connectivity index is 1.93. The van der Waals surface area contributed by atoms with Gasteiger partial charge in [0, 0.05) is 13.0 Å². The molecule has 0 saturated heterocycles. The molecular weight excluding hydrogens is 152 g/mol. The zero-order valence-electron chi connectivity index (χ0n) is 7.24. The van der Waals surface area contributed by atoms with E-state index < -0.39 is 0 Å². The summed E-state index contributed by atoms with van der Waals surface area (Å²) < 4.78 is 0. The van der Waals surface area contributed by atoms with E-state index in [1.807, 2.05) is 6.08 Å². The SMILES string of the molecule is OC[C@@H]1[C@H]2CC/C(O)=C/CC[C@@H]12. The molecule has 2 aliphatic rings. The summed E-state index contributed by atoms with van der Waals surface area (Å²) in [7, 11) is 0. The van der Waals surface area contributed by atoms with E-state index in [9.17, 15) is 5.11 Å². The number of allylic oxidation sites excluding steroid dienone is 2. The molecule has 68 valence electrons. The fourth-order valence-electron chi connectivity index (χ4n) is 2.51. The van der Waals surface area contributed by atoms with Gasteiger partial charge in [-0.25, -0.2) is 0 Å². The van der Waals surface area contributed by atoms with E-state index in [-0.39, 0.29) is 0 Å². The molecule has 0 heterocycles. The summed E-state index contributed by atoms with van der Waals surface area (Å²) in [6.07, 6.45) is 5.96. The molecule has 0 unspecified atom stereocenters. The van der Waals surface area contributed by atoms with E-state index in [2.05, 4.69) is 0 Å². The number of fused-ring (bicyclic) bond motifs is 1. The summed E-state index contributed by atoms with van der Waals surface area (Å²) in [4.78, 5) is 0. The van der Waals surface area contributed by atoms with Crippen molar-refractivity contribution in [3.63, 3.8) is 0 Å². The molecule has 2 aliphatic carbocycles. The number of hydrogen-bond donors (Lipinski definition) is 2. The number of aliphatic hydroxyl groups is 2. The van der Waals surface area contributed by atoms with Gasteiger partial charge in [0.25, 0.3) is 0 Å². The van der Waals surface area contributed by atoms with Gasteiger partial charge in [-0.3, -0.25) is 0 Å². The van der Waals surface area contributed by atoms with Crippen LogP contribution >= 0.6 is 0 Å². The second-order valence-electron chi connectivity index (χ2n) is 3.99. The van der Waals surface area contributed by atoms with Crippen LogP contribution in [-0.4, -0.2) is 16.8 Å². The lowest BCUT2D eigenvalue weighted by molar-refractivity contribution is 0.261. The highest BCUT2D eigenvalue weighted by molar-refractivity contribution is 5.03. The third kappa shape index (κ3) is 1.36. The van der Waals surface area contributed by atoms with Gasteiger partial charge in [0.1, 0.15) is 0 Å². The molecule has 2 rings (SSSR count). The average Bonchev–Trinajstić information content (AvgIpc) is 2.70. The third-order valence-corrected chi connectivity index (χ3v) is 3.33. The van der Waals surface area contributed by atoms with Crippen molar-refractivity contribution in [2.75, 3.05) is 6.61 Å². The maximum Gasteiger partial charge on any atom is 0.0882 e. The maximum atomic E-state index is 9.31. The van der Waals surface area contributed by atoms with Crippen LogP contribution in [0.2, 0.25) is 0 Å². The molecule has 2 N–H and O–H groups in total. The normalized spacial score (nSPS) is 45.1. The fourth-order valence-corrected chi connectivity index (χ4v) is 2.51. The van der Waals surface area contributed by atoms with Gasteiger partial charge in [-0.15, -0.1) is 0 Å². The predicted molar refractivity (Wildman–Crippen MR) is 46.7 cm³/mol. The monoisotopic (exact) mass is 168 g/mol. The van der Waals surface area contributed by atoms with Gasteiger partial charge in [0.2, 0.25) is 0 Å². The highest BCUT2D eigenvalue weighted by atomic mass is 16.3. The average molecular weight is 168 g/mol. The molecule has 1 fully saturated rings. The molecule has 0 aromatic heterocycles. The van der Waals surface area contributed by atoms with Crippen molar-refractivity contribution in [3.8, 4) is 0 Å². The first-order chi connectivity index (χ1) is 5.83. The van der Waals surface area contributed by atoms with E-state index >= 15 is 0 Å². The van der Waals surface area contributed by atoms with Crippen LogP contribution in [0.5, 0.6) is 0 Å². The lowest BCUT2D eigenvalue weighted by Crippen LogP contribution is -1.91. The van der Waals surface area contributed by atoms with Crippen molar-refractivity contribution >= 4 is 0 Å². The molecular formula is C10H16O2. The Morgan fingerprint density at radius 2 is 2.08 bits per heavy atom. The summed E-state index contributed by atoms with van der Waals surface area (Å²) in [5.41, 5.74) is 0. The standard InChI is InChI=1S/C10H16O2/c11-6-10-8-3-1-2-7(12)4-5-9(8)10/h2,8-12H,1,3-6H2/b7-2-/t8-,9+,10+/m1/s1. The largest absolute Gasteiger partial charge is 0.513 e. The number of rotatable bonds is 1. The Morgan fingerprint density at radius 1 is 1.33 bits per heavy atom. The van der Waals surface area contributed by atoms with Gasteiger partial charge in [0.05, 0.1) is 5.76 Å². The van der Waals surface area contributed by atoms with Gasteiger partial charge in [0.15, 0.2) is 0 Å². The van der Waals surface area contributed by atoms with Crippen LogP contribution in [0, 0.1) is 17.8 Å². The second kappa shape index (κ2) is 3.09. The first kappa shape index (κ1) is 8.11. The molecule has 0 bridgehead atoms. The molecule has 1 saturated carbocycles. The van der Waals surface area contributed by atoms with Crippen LogP contribution < -0.4 is 0 Å². The minimum absolute atomic E-state index is 0.343. The molecule has 2 nitrogen and oxygen atoms in total. The Bertz CT molecular complexity index is 198. The molecule has 0 aromatic rings. The van der Waals surface area contributed by atoms with Crippen LogP contribution in [0.15, 0.2) is 11.8 Å². The van der Waals surface area contributed by atoms with Crippen LogP contribution in [0.4, 0.5) is 0 Å². The second-order valence-corrected chi connectivity index (χ2v) is 3.99. The summed E-state index contributed by atoms with van der Waals surface area (Å²) in [6, 6.07) is 0. The summed E-state index contributed by atoms with van der Waals surface area (Å²) >= 11 is 0. The molecule has 2 heteroatoms. The van der Waals surface area contributed by atoms with Crippen LogP contribution in [0.1, 0.15) is 25.7 Å². The van der Waals surface area contributed by atoms with Gasteiger partial charge < -0.3 is 10.2 Å². The van der Waals surface area contributed by atoms with Crippen LogP contribution in [0.25, 0.3) is 0 Å². The molecule has 3 atom stereocenters. The van der Waals surface area contributed by atoms with Gasteiger partial charge in [-0.2, -0.15) is 0 Å². The first-order valence-electron chi connectivity index (χ1n) is 4.82. The first-order valence-corrected chi connectivity index (χ1v) is 4.82. The molecule has 0 spiro atoms. The molecule has 0 amide bonds. The van der Waals surface area contributed by atoms with E-state index in [4.69, 9.17) is 5.11 Å². The molecule has 0 aromatic carbocycles. The van der Waals surface area contributed by atoms with Crippen molar-refractivity contribution < 1.29 is 10.2 Å². The zero-order valence-corrected chi connectivity index (χ0v) is 7.24. The Labute approximate surface area is 72.9 Å². The summed E-state index contributed by atoms with van der Waals surface area (Å²) in [6.45, 7) is 0.343. The van der Waals surface area contributed by atoms with Crippen molar-refractivity contribution in [2.24, 2.45) is 17.8 Å². The smallest absolute Gasteiger partial charge is 0.0882 e. The lowest BCUT2D eigenvalue weighted by atomic mass is 10.1. The Morgan fingerprint density at radius 3 is 2.83 bits per heavy atom. The van der Waals surface area contributed by atoms with E-state index in [0.29, 0.717) is 24.2 Å². The van der Waals surface area contributed by atoms with Crippen molar-refractivity contribution in [1.82, 2.24) is 0 Å². The number of aliphatic hydroxyl groups excluding tert-OH is 2. The highest BCUT2D eigenvalue weighted by Gasteiger charge is 2.48. The van der Waals surface area contributed by atoms with E-state index in [0.717, 1.165) is 31.6 Å². The van der Waals surface area contributed by atoms with Crippen LogP contribution in [0.3, 0.4) is 0 Å². The molecule has 0 radical (unpaired) electrons. The minimum Gasteiger partial charge on any atom is -0.513 e. The van der Waals surface area contributed by atoms with Gasteiger partial charge >= 0.3 is 0 Å². The lowest BCUT2D eigenvalue weighted by Gasteiger charge is -2.03. The van der Waals surface area contributed by atoms with Gasteiger partial charge in [-0.05, 0) is 43.1 Å². The number of hydrogen-bond acceptors (Lipinski definition) is 2. The van der Waals surface area contributed by atoms with E-state index in [1.54, 1.807) is 0 Å². The third-order valence-electron chi connectivity index (χ3n) is 3.33. The predicted octanol–water partition coefficient (Wildman–Crippen LogP) is 1.86. The van der Waals surface area contributed by atoms with Crippen molar-refractivity contribution in [3.05, 3.63) is 11.8 Å². The highest BCUT2D eigenvalue weighted by Crippen LogP contribution is 2.52. The van der Waals surface area contributed by atoms with Crippen LogP contribution in [-0.2, 0) is 0 Å². The fraction of sp³-hybridized carbons (Fsp3) is 0.800. The molecule has 12 heavy (non-hydrogen) atoms. The quantitative estimate of drug-likeness (QED) is 0.627. The summed E-state index contributed by atoms with van der Waals surface area (Å²) in [5, 5.41) is 18.3. The minimum atomic E-state index is 0.343. The van der Waals surface area contributed by atoms with E-state index in [1.165, 1.54) is 0 Å². The maximum absolute atomic E-state index is 9.31. The van der Waals surface area contributed by atoms with Crippen molar-refractivity contribution in [1.29, 1.82) is 0 Å². The zero-order chi connectivity index (χ0) is 8.55. The van der Waals surface area contributed by atoms with Gasteiger partial charge in [-0.1, -0.05) is 0 Å². The molecule has 0 aliphatic heterocycles. The Kier molecular flexibility index (Phi) is 2.09. The topological polar surface area (TPSA) is 40.5 Å². The summed E-state index contributed by atoms with van der Waals surface area (Å²) in [5.74, 6) is 2.55. The Hall–Kier alpha value is -0.500. The van der Waals surface area contributed by atoms with Crippen molar-refractivity contribution in [2.45, 2.75) is 25.7 Å².